The zero-order chi connectivity index (χ0) is 13.6. The lowest BCUT2D eigenvalue weighted by Gasteiger charge is -1.98. The molecule has 0 aliphatic rings. The van der Waals surface area contributed by atoms with E-state index in [-0.39, 0.29) is 0 Å². The Kier molecular flexibility index (Phi) is 11.6. The summed E-state index contributed by atoms with van der Waals surface area (Å²) >= 11 is 0. The standard InChI is InChI=1S/C15H22O.C2H6/c1-14-9-8-11-15(13-14)10-6-4-3-5-7-12-16-2;1-2/h6,8-11,13H,3-5,7,12H2,1-2H3;1-2H3/b10-6+;. The second kappa shape index (κ2) is 12.4. The molecule has 0 spiro atoms. The quantitative estimate of drug-likeness (QED) is 0.599. The molecular weight excluding hydrogens is 220 g/mol. The third kappa shape index (κ3) is 9.00. The molecule has 0 atom stereocenters. The van der Waals surface area contributed by atoms with Crippen molar-refractivity contribution < 1.29 is 4.74 Å². The zero-order valence-electron chi connectivity index (χ0n) is 12.4. The molecule has 0 aliphatic carbocycles. The van der Waals surface area contributed by atoms with Crippen LogP contribution in [0.4, 0.5) is 0 Å². The highest BCUT2D eigenvalue weighted by Gasteiger charge is 1.88. The number of allylic oxidation sites excluding steroid dienone is 1. The van der Waals surface area contributed by atoms with E-state index in [1.165, 1.54) is 30.4 Å². The van der Waals surface area contributed by atoms with Crippen LogP contribution in [0.1, 0.15) is 50.7 Å². The Morgan fingerprint density at radius 2 is 1.89 bits per heavy atom. The summed E-state index contributed by atoms with van der Waals surface area (Å²) in [5, 5.41) is 0. The van der Waals surface area contributed by atoms with Crippen molar-refractivity contribution >= 4 is 6.08 Å². The van der Waals surface area contributed by atoms with Crippen molar-refractivity contribution in [1.82, 2.24) is 0 Å². The average molecular weight is 248 g/mol. The Balaban J connectivity index is 0.00000137. The Morgan fingerprint density at radius 1 is 1.11 bits per heavy atom. The van der Waals surface area contributed by atoms with Gasteiger partial charge in [0.25, 0.3) is 0 Å². The van der Waals surface area contributed by atoms with Gasteiger partial charge in [-0.05, 0) is 31.7 Å². The second-order valence-corrected chi connectivity index (χ2v) is 4.16. The number of aryl methyl sites for hydroxylation is 1. The van der Waals surface area contributed by atoms with E-state index in [1.807, 2.05) is 13.8 Å². The third-order valence-electron chi connectivity index (χ3n) is 2.57. The molecule has 1 aromatic carbocycles. The summed E-state index contributed by atoms with van der Waals surface area (Å²) < 4.78 is 5.01. The van der Waals surface area contributed by atoms with Gasteiger partial charge in [-0.1, -0.05) is 62.2 Å². The van der Waals surface area contributed by atoms with E-state index in [9.17, 15) is 0 Å². The SMILES string of the molecule is CC.COCCCCC/C=C/c1cccc(C)c1. The molecule has 0 saturated heterocycles. The van der Waals surface area contributed by atoms with Crippen LogP contribution >= 0.6 is 0 Å². The average Bonchev–Trinajstić information content (AvgIpc) is 2.40. The van der Waals surface area contributed by atoms with E-state index >= 15 is 0 Å². The maximum atomic E-state index is 5.01. The number of unbranched alkanes of at least 4 members (excludes halogenated alkanes) is 3. The van der Waals surface area contributed by atoms with E-state index in [1.54, 1.807) is 7.11 Å². The van der Waals surface area contributed by atoms with Gasteiger partial charge in [0.2, 0.25) is 0 Å². The number of methoxy groups -OCH3 is 1. The van der Waals surface area contributed by atoms with Crippen LogP contribution in [0, 0.1) is 6.92 Å². The fourth-order valence-corrected chi connectivity index (χ4v) is 1.68. The first-order valence-corrected chi connectivity index (χ1v) is 7.05. The summed E-state index contributed by atoms with van der Waals surface area (Å²) in [5.41, 5.74) is 2.62. The molecule has 1 rings (SSSR count). The first-order valence-electron chi connectivity index (χ1n) is 7.05. The summed E-state index contributed by atoms with van der Waals surface area (Å²) in [6.45, 7) is 7.02. The number of ether oxygens (including phenoxy) is 1. The molecule has 0 saturated carbocycles. The lowest BCUT2D eigenvalue weighted by Crippen LogP contribution is -1.87. The van der Waals surface area contributed by atoms with Gasteiger partial charge in [-0.25, -0.2) is 0 Å². The second-order valence-electron chi connectivity index (χ2n) is 4.16. The maximum absolute atomic E-state index is 5.01. The van der Waals surface area contributed by atoms with Crippen LogP contribution in [-0.2, 0) is 4.74 Å². The summed E-state index contributed by atoms with van der Waals surface area (Å²) in [4.78, 5) is 0. The van der Waals surface area contributed by atoms with Gasteiger partial charge in [0, 0.05) is 13.7 Å². The van der Waals surface area contributed by atoms with Crippen molar-refractivity contribution in [2.45, 2.75) is 46.5 Å². The highest BCUT2D eigenvalue weighted by Crippen LogP contribution is 2.08. The smallest absolute Gasteiger partial charge is 0.0462 e. The van der Waals surface area contributed by atoms with Crippen LogP contribution in [0.5, 0.6) is 0 Å². The maximum Gasteiger partial charge on any atom is 0.0462 e. The molecule has 1 heteroatoms. The van der Waals surface area contributed by atoms with Crippen molar-refractivity contribution in [1.29, 1.82) is 0 Å². The molecule has 1 aromatic rings. The summed E-state index contributed by atoms with van der Waals surface area (Å²) in [6.07, 6.45) is 9.33. The zero-order valence-corrected chi connectivity index (χ0v) is 12.4. The molecule has 0 aromatic heterocycles. The molecule has 0 aliphatic heterocycles. The van der Waals surface area contributed by atoms with Gasteiger partial charge in [0.15, 0.2) is 0 Å². The predicted octanol–water partition coefficient (Wildman–Crippen LogP) is 5.24. The van der Waals surface area contributed by atoms with Crippen LogP contribution < -0.4 is 0 Å². The minimum Gasteiger partial charge on any atom is -0.385 e. The molecule has 0 heterocycles. The van der Waals surface area contributed by atoms with Crippen LogP contribution in [0.3, 0.4) is 0 Å². The van der Waals surface area contributed by atoms with Crippen molar-refractivity contribution in [3.8, 4) is 0 Å². The van der Waals surface area contributed by atoms with Crippen molar-refractivity contribution in [3.63, 3.8) is 0 Å². The Labute approximate surface area is 113 Å². The van der Waals surface area contributed by atoms with Gasteiger partial charge in [-0.3, -0.25) is 0 Å². The lowest BCUT2D eigenvalue weighted by atomic mass is 10.1. The monoisotopic (exact) mass is 248 g/mol. The largest absolute Gasteiger partial charge is 0.385 e. The van der Waals surface area contributed by atoms with E-state index in [2.05, 4.69) is 43.3 Å². The topological polar surface area (TPSA) is 9.23 Å². The van der Waals surface area contributed by atoms with Crippen LogP contribution in [-0.4, -0.2) is 13.7 Å². The molecule has 102 valence electrons. The molecule has 1 nitrogen and oxygen atoms in total. The first kappa shape index (κ1) is 16.9. The van der Waals surface area contributed by atoms with E-state index in [0.29, 0.717) is 0 Å². The Morgan fingerprint density at radius 3 is 2.56 bits per heavy atom. The lowest BCUT2D eigenvalue weighted by molar-refractivity contribution is 0.192. The molecule has 0 N–H and O–H groups in total. The van der Waals surface area contributed by atoms with Crippen molar-refractivity contribution in [2.24, 2.45) is 0 Å². The molecule has 0 unspecified atom stereocenters. The molecule has 0 amide bonds. The van der Waals surface area contributed by atoms with Crippen LogP contribution in [0.25, 0.3) is 6.08 Å². The third-order valence-corrected chi connectivity index (χ3v) is 2.57. The van der Waals surface area contributed by atoms with Crippen LogP contribution in [0.15, 0.2) is 30.3 Å². The molecule has 0 fully saturated rings. The predicted molar refractivity (Wildman–Crippen MR) is 81.9 cm³/mol. The number of benzene rings is 1. The van der Waals surface area contributed by atoms with Gasteiger partial charge in [0.05, 0.1) is 0 Å². The fraction of sp³-hybridized carbons (Fsp3) is 0.529. The van der Waals surface area contributed by atoms with Gasteiger partial charge in [-0.2, -0.15) is 0 Å². The summed E-state index contributed by atoms with van der Waals surface area (Å²) in [6, 6.07) is 8.59. The van der Waals surface area contributed by atoms with E-state index in [0.717, 1.165) is 13.0 Å². The Hall–Kier alpha value is -1.08. The summed E-state index contributed by atoms with van der Waals surface area (Å²) in [7, 11) is 1.76. The number of hydrogen-bond donors (Lipinski definition) is 0. The highest BCUT2D eigenvalue weighted by molar-refractivity contribution is 5.49. The highest BCUT2D eigenvalue weighted by atomic mass is 16.5. The minimum atomic E-state index is 0.890. The molecule has 18 heavy (non-hydrogen) atoms. The number of rotatable bonds is 7. The van der Waals surface area contributed by atoms with Crippen molar-refractivity contribution in [3.05, 3.63) is 41.5 Å². The van der Waals surface area contributed by atoms with Gasteiger partial charge in [-0.15, -0.1) is 0 Å². The summed E-state index contributed by atoms with van der Waals surface area (Å²) in [5.74, 6) is 0. The minimum absolute atomic E-state index is 0.890. The normalized spacial score (nSPS) is 10.2. The van der Waals surface area contributed by atoms with Gasteiger partial charge in [0.1, 0.15) is 0 Å². The van der Waals surface area contributed by atoms with Crippen LogP contribution in [0.2, 0.25) is 0 Å². The Bertz CT molecular complexity index is 315. The molecular formula is C17H28O. The fourth-order valence-electron chi connectivity index (χ4n) is 1.68. The molecule has 0 radical (unpaired) electrons. The number of hydrogen-bond acceptors (Lipinski definition) is 1. The van der Waals surface area contributed by atoms with E-state index in [4.69, 9.17) is 4.74 Å². The first-order chi connectivity index (χ1) is 8.83. The van der Waals surface area contributed by atoms with Gasteiger partial charge >= 0.3 is 0 Å². The van der Waals surface area contributed by atoms with Gasteiger partial charge < -0.3 is 4.74 Å². The van der Waals surface area contributed by atoms with E-state index < -0.39 is 0 Å². The van der Waals surface area contributed by atoms with Crippen molar-refractivity contribution in [2.75, 3.05) is 13.7 Å². The molecule has 0 bridgehead atoms.